The molecule has 0 saturated carbocycles. The molecule has 0 radical (unpaired) electrons. The molecule has 1 atom stereocenters. The van der Waals surface area contributed by atoms with Crippen LogP contribution in [-0.2, 0) is 16.1 Å². The van der Waals surface area contributed by atoms with E-state index < -0.39 is 18.0 Å². The first-order valence-electron chi connectivity index (χ1n) is 14.6. The highest BCUT2D eigenvalue weighted by Gasteiger charge is 2.22. The minimum absolute atomic E-state index is 0.236. The number of aryl methyl sites for hydroxylation is 2. The number of hydrogen-bond donors (Lipinski definition) is 2. The summed E-state index contributed by atoms with van der Waals surface area (Å²) in [6.45, 7) is 9.69. The molecule has 10 nitrogen and oxygen atoms in total. The topological polar surface area (TPSA) is 125 Å². The van der Waals surface area contributed by atoms with Gasteiger partial charge in [-0.05, 0) is 93.8 Å². The second-order valence-electron chi connectivity index (χ2n) is 10.4. The second-order valence-corrected chi connectivity index (χ2v) is 11.6. The zero-order chi connectivity index (χ0) is 33.2. The molecule has 0 fully saturated rings. The third-order valence-electron chi connectivity index (χ3n) is 6.98. The monoisotopic (exact) mass is 643 g/mol. The molecule has 240 valence electrons. The Morgan fingerprint density at radius 1 is 0.957 bits per heavy atom. The number of amides is 2. The number of thiophene rings is 1. The highest BCUT2D eigenvalue weighted by Crippen LogP contribution is 2.33. The Kier molecular flexibility index (Phi) is 11.5. The van der Waals surface area contributed by atoms with E-state index in [9.17, 15) is 14.4 Å². The Hall–Kier alpha value is -5.16. The van der Waals surface area contributed by atoms with E-state index >= 15 is 0 Å². The van der Waals surface area contributed by atoms with Crippen molar-refractivity contribution in [2.45, 2.75) is 47.3 Å². The largest absolute Gasteiger partial charge is 0.493 e. The van der Waals surface area contributed by atoms with Crippen molar-refractivity contribution in [1.29, 1.82) is 0 Å². The zero-order valence-corrected chi connectivity index (χ0v) is 27.4. The van der Waals surface area contributed by atoms with Crippen molar-refractivity contribution in [3.05, 3.63) is 105 Å². The molecule has 0 unspecified atom stereocenters. The van der Waals surface area contributed by atoms with Crippen molar-refractivity contribution in [2.24, 2.45) is 5.10 Å². The van der Waals surface area contributed by atoms with E-state index in [1.54, 1.807) is 63.4 Å². The number of carbonyl (C=O) groups is 3. The third-order valence-corrected chi connectivity index (χ3v) is 8.10. The summed E-state index contributed by atoms with van der Waals surface area (Å²) in [5.74, 6) is 0.198. The lowest BCUT2D eigenvalue weighted by atomic mass is 10.1. The van der Waals surface area contributed by atoms with E-state index in [0.29, 0.717) is 45.5 Å². The van der Waals surface area contributed by atoms with Gasteiger partial charge in [-0.2, -0.15) is 5.10 Å². The van der Waals surface area contributed by atoms with Gasteiger partial charge in [-0.3, -0.25) is 9.59 Å². The molecule has 0 saturated heterocycles. The standard InChI is InChI=1S/C35H37N3O7S/c1-7-43-35(41)31-22(3)24(5)46-34(31)37-33(40)27-13-15-28(16-14-27)45-23(4)32(39)38-36-19-26-12-17-29(30(18-26)42-6)44-20-25-10-8-21(2)9-11-25/h8-19,23H,7,20H2,1-6H3,(H,37,40)(H,38,39)/b36-19-/t23-/m0/s1. The van der Waals surface area contributed by atoms with E-state index in [1.165, 1.54) is 23.1 Å². The lowest BCUT2D eigenvalue weighted by molar-refractivity contribution is -0.127. The van der Waals surface area contributed by atoms with Crippen LogP contribution in [0.4, 0.5) is 5.00 Å². The first-order chi connectivity index (χ1) is 22.1. The van der Waals surface area contributed by atoms with Crippen molar-refractivity contribution in [2.75, 3.05) is 19.0 Å². The lowest BCUT2D eigenvalue weighted by Crippen LogP contribution is -2.33. The van der Waals surface area contributed by atoms with E-state index in [-0.39, 0.29) is 12.5 Å². The number of nitrogens with one attached hydrogen (secondary N) is 2. The smallest absolute Gasteiger partial charge is 0.341 e. The number of rotatable bonds is 13. The Morgan fingerprint density at radius 2 is 1.67 bits per heavy atom. The molecule has 0 aliphatic rings. The van der Waals surface area contributed by atoms with Gasteiger partial charge in [0.05, 0.1) is 25.5 Å². The second kappa shape index (κ2) is 15.7. The van der Waals surface area contributed by atoms with E-state index in [0.717, 1.165) is 16.0 Å². The highest BCUT2D eigenvalue weighted by molar-refractivity contribution is 7.16. The lowest BCUT2D eigenvalue weighted by Gasteiger charge is -2.13. The molecule has 2 amide bonds. The maximum atomic E-state index is 12.9. The number of anilines is 1. The summed E-state index contributed by atoms with van der Waals surface area (Å²) in [6, 6.07) is 19.8. The molecule has 4 rings (SSSR count). The average Bonchev–Trinajstić information content (AvgIpc) is 3.33. The van der Waals surface area contributed by atoms with Gasteiger partial charge in [0.1, 0.15) is 17.4 Å². The Bertz CT molecular complexity index is 1710. The van der Waals surface area contributed by atoms with Gasteiger partial charge in [-0.1, -0.05) is 29.8 Å². The maximum absolute atomic E-state index is 12.9. The van der Waals surface area contributed by atoms with Crippen LogP contribution in [0.5, 0.6) is 17.2 Å². The first-order valence-corrected chi connectivity index (χ1v) is 15.5. The predicted molar refractivity (Wildman–Crippen MR) is 178 cm³/mol. The van der Waals surface area contributed by atoms with Gasteiger partial charge in [0.25, 0.3) is 11.8 Å². The number of methoxy groups -OCH3 is 1. The van der Waals surface area contributed by atoms with Crippen LogP contribution in [0.25, 0.3) is 0 Å². The summed E-state index contributed by atoms with van der Waals surface area (Å²) >= 11 is 1.32. The number of hydrazone groups is 1. The van der Waals surface area contributed by atoms with Gasteiger partial charge in [0.15, 0.2) is 17.6 Å². The van der Waals surface area contributed by atoms with Crippen LogP contribution in [0, 0.1) is 20.8 Å². The summed E-state index contributed by atoms with van der Waals surface area (Å²) in [5.41, 5.74) is 6.89. The molecule has 0 aliphatic carbocycles. The maximum Gasteiger partial charge on any atom is 0.341 e. The number of ether oxygens (including phenoxy) is 4. The summed E-state index contributed by atoms with van der Waals surface area (Å²) in [5, 5.41) is 7.29. The van der Waals surface area contributed by atoms with Crippen LogP contribution in [-0.4, -0.2) is 43.8 Å². The summed E-state index contributed by atoms with van der Waals surface area (Å²) in [7, 11) is 1.56. The SMILES string of the molecule is CCOC(=O)c1c(NC(=O)c2ccc(O[C@@H](C)C(=O)N/N=C\c3ccc(OCc4ccc(C)cc4)c(OC)c3)cc2)sc(C)c1C. The van der Waals surface area contributed by atoms with Gasteiger partial charge in [0, 0.05) is 10.4 Å². The summed E-state index contributed by atoms with van der Waals surface area (Å²) in [4.78, 5) is 38.9. The summed E-state index contributed by atoms with van der Waals surface area (Å²) in [6.07, 6.45) is 0.627. The molecule has 46 heavy (non-hydrogen) atoms. The fourth-order valence-corrected chi connectivity index (χ4v) is 5.32. The molecule has 0 bridgehead atoms. The van der Waals surface area contributed by atoms with Crippen LogP contribution in [0.15, 0.2) is 71.8 Å². The van der Waals surface area contributed by atoms with E-state index in [2.05, 4.69) is 15.8 Å². The minimum Gasteiger partial charge on any atom is -0.493 e. The molecule has 3 aromatic carbocycles. The number of nitrogens with zero attached hydrogens (tertiary/aromatic N) is 1. The fourth-order valence-electron chi connectivity index (χ4n) is 4.27. The van der Waals surface area contributed by atoms with Crippen molar-refractivity contribution in [1.82, 2.24) is 5.43 Å². The summed E-state index contributed by atoms with van der Waals surface area (Å²) < 4.78 is 22.3. The molecule has 11 heteroatoms. The van der Waals surface area contributed by atoms with Crippen molar-refractivity contribution in [3.63, 3.8) is 0 Å². The Labute approximate surface area is 272 Å². The van der Waals surface area contributed by atoms with Crippen LogP contribution < -0.4 is 25.0 Å². The van der Waals surface area contributed by atoms with Crippen molar-refractivity contribution >= 4 is 40.3 Å². The number of benzene rings is 3. The minimum atomic E-state index is -0.867. The molecule has 4 aromatic rings. The average molecular weight is 644 g/mol. The molecule has 1 heterocycles. The van der Waals surface area contributed by atoms with Crippen LogP contribution in [0.1, 0.15) is 61.7 Å². The van der Waals surface area contributed by atoms with Crippen LogP contribution in [0.3, 0.4) is 0 Å². The normalized spacial score (nSPS) is 11.5. The zero-order valence-electron chi connectivity index (χ0n) is 26.6. The fraction of sp³-hybridized carbons (Fsp3) is 0.257. The first kappa shape index (κ1) is 33.7. The van der Waals surface area contributed by atoms with Gasteiger partial charge in [-0.15, -0.1) is 11.3 Å². The molecule has 1 aromatic heterocycles. The van der Waals surface area contributed by atoms with Gasteiger partial charge in [0.2, 0.25) is 0 Å². The van der Waals surface area contributed by atoms with Crippen molar-refractivity contribution < 1.29 is 33.3 Å². The molecular weight excluding hydrogens is 606 g/mol. The molecule has 0 spiro atoms. The van der Waals surface area contributed by atoms with E-state index in [4.69, 9.17) is 18.9 Å². The third kappa shape index (κ3) is 8.72. The highest BCUT2D eigenvalue weighted by atomic mass is 32.1. The molecule has 2 N–H and O–H groups in total. The quantitative estimate of drug-likeness (QED) is 0.0955. The number of carbonyl (C=O) groups excluding carboxylic acids is 3. The van der Waals surface area contributed by atoms with Crippen molar-refractivity contribution in [3.8, 4) is 17.2 Å². The van der Waals surface area contributed by atoms with Gasteiger partial charge in [-0.25, -0.2) is 10.2 Å². The van der Waals surface area contributed by atoms with Crippen LogP contribution in [0.2, 0.25) is 0 Å². The predicted octanol–water partition coefficient (Wildman–Crippen LogP) is 6.61. The van der Waals surface area contributed by atoms with E-state index in [1.807, 2.05) is 45.0 Å². The Balaban J connectivity index is 1.29. The van der Waals surface area contributed by atoms with Gasteiger partial charge < -0.3 is 24.3 Å². The molecule has 0 aliphatic heterocycles. The number of esters is 1. The van der Waals surface area contributed by atoms with Crippen LogP contribution >= 0.6 is 11.3 Å². The van der Waals surface area contributed by atoms with Gasteiger partial charge >= 0.3 is 5.97 Å². The Morgan fingerprint density at radius 3 is 2.35 bits per heavy atom. The molecular formula is C35H37N3O7S. The number of hydrogen-bond acceptors (Lipinski definition) is 9.